The van der Waals surface area contributed by atoms with Crippen LogP contribution in [0.2, 0.25) is 0 Å². The monoisotopic (exact) mass is 248 g/mol. The Morgan fingerprint density at radius 2 is 1.62 bits per heavy atom. The summed E-state index contributed by atoms with van der Waals surface area (Å²) in [5.74, 6) is 0. The van der Waals surface area contributed by atoms with Crippen LogP contribution in [0.1, 0.15) is 13.8 Å². The lowest BCUT2D eigenvalue weighted by atomic mass is 10.9. The molecule has 0 saturated heterocycles. The van der Waals surface area contributed by atoms with E-state index in [1.54, 1.807) is 0 Å². The van der Waals surface area contributed by atoms with E-state index in [9.17, 15) is 0 Å². The van der Waals surface area contributed by atoms with Gasteiger partial charge in [-0.3, -0.25) is 0 Å². The maximum absolute atomic E-state index is 5.11. The fourth-order valence-electron chi connectivity index (χ4n) is 0.240. The molecule has 0 spiro atoms. The van der Waals surface area contributed by atoms with Gasteiger partial charge >= 0.3 is 0 Å². The molecule has 0 atom stereocenters. The molecule has 0 fully saturated rings. The molecule has 0 rings (SSSR count). The lowest BCUT2D eigenvalue weighted by Crippen LogP contribution is -1.83. The van der Waals surface area contributed by atoms with Crippen LogP contribution in [-0.2, 0) is 9.05 Å². The van der Waals surface area contributed by atoms with Crippen molar-refractivity contribution in [3.8, 4) is 0 Å². The molecule has 0 saturated carbocycles. The van der Waals surface area contributed by atoms with Crippen LogP contribution in [0.4, 0.5) is 0 Å². The zero-order chi connectivity index (χ0) is 6.41. The molecule has 0 unspecified atom stereocenters. The predicted octanol–water partition coefficient (Wildman–Crippen LogP) is 2.72. The minimum absolute atomic E-state index is 0.611. The quantitative estimate of drug-likeness (QED) is 0.562. The van der Waals surface area contributed by atoms with E-state index in [4.69, 9.17) is 9.05 Å². The van der Waals surface area contributed by atoms with E-state index in [1.165, 1.54) is 0 Å². The van der Waals surface area contributed by atoms with E-state index in [0.717, 1.165) is 13.2 Å². The van der Waals surface area contributed by atoms with Gasteiger partial charge in [0.05, 0.1) is 13.2 Å². The van der Waals surface area contributed by atoms with Crippen LogP contribution >= 0.6 is 28.1 Å². The third kappa shape index (κ3) is 5.22. The minimum atomic E-state index is -0.611. The second-order valence-corrected chi connectivity index (χ2v) is 4.35. The van der Waals surface area contributed by atoms with Crippen molar-refractivity contribution in [1.82, 2.24) is 0 Å². The average molecular weight is 248 g/mol. The second kappa shape index (κ2) is 6.20. The highest BCUT2D eigenvalue weighted by atomic mass is 127. The van der Waals surface area contributed by atoms with Gasteiger partial charge in [0.15, 0.2) is 0 Å². The minimum Gasteiger partial charge on any atom is -0.327 e. The van der Waals surface area contributed by atoms with E-state index < -0.39 is 6.02 Å². The zero-order valence-electron chi connectivity index (χ0n) is 5.06. The smallest absolute Gasteiger partial charge is 0.239 e. The van der Waals surface area contributed by atoms with Gasteiger partial charge in [0.2, 0.25) is 6.02 Å². The van der Waals surface area contributed by atoms with E-state index in [1.807, 2.05) is 13.8 Å². The number of hydrogen-bond acceptors (Lipinski definition) is 2. The van der Waals surface area contributed by atoms with E-state index in [-0.39, 0.29) is 0 Å². The third-order valence-electron chi connectivity index (χ3n) is 0.461. The van der Waals surface area contributed by atoms with E-state index in [2.05, 4.69) is 22.0 Å². The van der Waals surface area contributed by atoms with Gasteiger partial charge in [-0.2, -0.15) is 0 Å². The summed E-state index contributed by atoms with van der Waals surface area (Å²) >= 11 is 2.16. The summed E-state index contributed by atoms with van der Waals surface area (Å²) < 4.78 is 10.2. The van der Waals surface area contributed by atoms with Gasteiger partial charge in [-0.05, 0) is 13.8 Å². The largest absolute Gasteiger partial charge is 0.327 e. The van der Waals surface area contributed by atoms with Crippen molar-refractivity contribution in [2.75, 3.05) is 13.2 Å². The standard InChI is InChI=1S/C4H10IO2P/c1-3-6-8(5)7-4-2/h3-4H2,1-2H3. The second-order valence-electron chi connectivity index (χ2n) is 1.05. The molecule has 0 N–H and O–H groups in total. The molecule has 0 aromatic rings. The molecule has 0 heterocycles. The van der Waals surface area contributed by atoms with Crippen molar-refractivity contribution in [2.24, 2.45) is 0 Å². The highest BCUT2D eigenvalue weighted by molar-refractivity contribution is 14.2. The molecule has 0 bridgehead atoms. The lowest BCUT2D eigenvalue weighted by molar-refractivity contribution is 0.285. The van der Waals surface area contributed by atoms with Gasteiger partial charge in [-0.1, -0.05) is 0 Å². The summed E-state index contributed by atoms with van der Waals surface area (Å²) in [6.45, 7) is 5.42. The molecule has 0 aromatic heterocycles. The summed E-state index contributed by atoms with van der Waals surface area (Å²) in [6.07, 6.45) is 0. The number of hydrogen-bond donors (Lipinski definition) is 0. The fraction of sp³-hybridized carbons (Fsp3) is 1.00. The first-order valence-electron chi connectivity index (χ1n) is 2.53. The molecule has 0 aliphatic heterocycles. The van der Waals surface area contributed by atoms with Crippen LogP contribution in [0.3, 0.4) is 0 Å². The van der Waals surface area contributed by atoms with Crippen LogP contribution in [0, 0.1) is 0 Å². The Balaban J connectivity index is 2.92. The van der Waals surface area contributed by atoms with Crippen LogP contribution in [0.15, 0.2) is 0 Å². The number of halogens is 1. The Hall–Kier alpha value is 1.08. The predicted molar refractivity (Wildman–Crippen MR) is 44.2 cm³/mol. The Bertz CT molecular complexity index is 47.3. The molecule has 50 valence electrons. The Morgan fingerprint density at radius 1 is 1.25 bits per heavy atom. The highest BCUT2D eigenvalue weighted by Crippen LogP contribution is 2.46. The van der Waals surface area contributed by atoms with Gasteiger partial charge in [0.1, 0.15) is 0 Å². The summed E-state index contributed by atoms with van der Waals surface area (Å²) in [6, 6.07) is -0.611. The molecule has 0 radical (unpaired) electrons. The van der Waals surface area contributed by atoms with Gasteiger partial charge in [0.25, 0.3) is 0 Å². The van der Waals surface area contributed by atoms with Crippen LogP contribution in [-0.4, -0.2) is 13.2 Å². The zero-order valence-corrected chi connectivity index (χ0v) is 8.11. The highest BCUT2D eigenvalue weighted by Gasteiger charge is 1.99. The topological polar surface area (TPSA) is 18.5 Å². The Labute approximate surface area is 64.3 Å². The Kier molecular flexibility index (Phi) is 7.04. The molecule has 8 heavy (non-hydrogen) atoms. The molecule has 4 heteroatoms. The third-order valence-corrected chi connectivity index (χ3v) is 3.05. The van der Waals surface area contributed by atoms with Crippen molar-refractivity contribution in [3.05, 3.63) is 0 Å². The van der Waals surface area contributed by atoms with E-state index in [0.29, 0.717) is 0 Å². The van der Waals surface area contributed by atoms with Crippen molar-refractivity contribution in [2.45, 2.75) is 13.8 Å². The number of rotatable bonds is 4. The van der Waals surface area contributed by atoms with Gasteiger partial charge in [-0.15, -0.1) is 0 Å². The van der Waals surface area contributed by atoms with E-state index >= 15 is 0 Å². The molecule has 0 aliphatic carbocycles. The maximum atomic E-state index is 5.11. The lowest BCUT2D eigenvalue weighted by Gasteiger charge is -2.05. The summed E-state index contributed by atoms with van der Waals surface area (Å²) in [7, 11) is 0. The molecule has 0 amide bonds. The summed E-state index contributed by atoms with van der Waals surface area (Å²) in [5, 5.41) is 0. The van der Waals surface area contributed by atoms with Crippen molar-refractivity contribution in [3.63, 3.8) is 0 Å². The van der Waals surface area contributed by atoms with Crippen LogP contribution < -0.4 is 0 Å². The molecular formula is C4H10IO2P. The molecule has 0 aliphatic rings. The Morgan fingerprint density at radius 3 is 1.88 bits per heavy atom. The molecular weight excluding hydrogens is 238 g/mol. The first kappa shape index (κ1) is 9.08. The van der Waals surface area contributed by atoms with Crippen LogP contribution in [0.25, 0.3) is 0 Å². The van der Waals surface area contributed by atoms with Crippen molar-refractivity contribution >= 4 is 28.1 Å². The SMILES string of the molecule is CCOP(I)OCC. The van der Waals surface area contributed by atoms with Crippen molar-refractivity contribution < 1.29 is 9.05 Å². The average Bonchev–Trinajstić information content (AvgIpc) is 1.68. The normalized spacial score (nSPS) is 10.5. The summed E-state index contributed by atoms with van der Waals surface area (Å²) in [5.41, 5.74) is 0. The van der Waals surface area contributed by atoms with Crippen molar-refractivity contribution in [1.29, 1.82) is 0 Å². The van der Waals surface area contributed by atoms with Crippen LogP contribution in [0.5, 0.6) is 0 Å². The first-order valence-corrected chi connectivity index (χ1v) is 6.49. The molecule has 2 nitrogen and oxygen atoms in total. The fourth-order valence-corrected chi connectivity index (χ4v) is 2.39. The maximum Gasteiger partial charge on any atom is 0.239 e. The molecule has 0 aromatic carbocycles. The summed E-state index contributed by atoms with van der Waals surface area (Å²) in [4.78, 5) is 0. The first-order chi connectivity index (χ1) is 3.81. The van der Waals surface area contributed by atoms with Gasteiger partial charge in [0, 0.05) is 22.0 Å². The van der Waals surface area contributed by atoms with Gasteiger partial charge < -0.3 is 9.05 Å². The van der Waals surface area contributed by atoms with Gasteiger partial charge in [-0.25, -0.2) is 0 Å².